The summed E-state index contributed by atoms with van der Waals surface area (Å²) in [5, 5.41) is 3.14. The van der Waals surface area contributed by atoms with Crippen LogP contribution in [-0.2, 0) is 6.42 Å². The molecule has 6 heteroatoms. The number of halogens is 4. The smallest absolute Gasteiger partial charge is 0.147 e. The average Bonchev–Trinajstić information content (AvgIpc) is 2.77. The Bertz CT molecular complexity index is 657. The number of fused-ring (bicyclic) bond motifs is 1. The molecule has 1 aromatic carbocycles. The van der Waals surface area contributed by atoms with E-state index in [0.717, 1.165) is 29.1 Å². The van der Waals surface area contributed by atoms with E-state index in [1.165, 1.54) is 16.5 Å². The second-order valence-corrected chi connectivity index (χ2v) is 8.13. The summed E-state index contributed by atoms with van der Waals surface area (Å²) in [5.41, 5.74) is 1.40. The van der Waals surface area contributed by atoms with Gasteiger partial charge in [-0.1, -0.05) is 0 Å². The van der Waals surface area contributed by atoms with Crippen molar-refractivity contribution in [1.82, 2.24) is 0 Å². The van der Waals surface area contributed by atoms with E-state index < -0.39 is 11.6 Å². The van der Waals surface area contributed by atoms with Crippen LogP contribution >= 0.6 is 43.2 Å². The van der Waals surface area contributed by atoms with Gasteiger partial charge in [-0.15, -0.1) is 11.3 Å². The molecule has 20 heavy (non-hydrogen) atoms. The average molecular weight is 423 g/mol. The zero-order chi connectivity index (χ0) is 14.3. The van der Waals surface area contributed by atoms with Gasteiger partial charge < -0.3 is 5.32 Å². The first kappa shape index (κ1) is 14.5. The first-order chi connectivity index (χ1) is 9.54. The molecule has 3 rings (SSSR count). The Balaban J connectivity index is 1.91. The summed E-state index contributed by atoms with van der Waals surface area (Å²) in [6, 6.07) is 4.47. The molecule has 1 heterocycles. The third-order valence-electron chi connectivity index (χ3n) is 3.42. The normalized spacial score (nSPS) is 17.9. The molecule has 0 aliphatic heterocycles. The molecule has 1 N–H and O–H groups in total. The quantitative estimate of drug-likeness (QED) is 0.581. The monoisotopic (exact) mass is 421 g/mol. The lowest BCUT2D eigenvalue weighted by molar-refractivity contribution is 0.579. The van der Waals surface area contributed by atoms with Crippen molar-refractivity contribution in [3.05, 3.63) is 48.5 Å². The number of aryl methyl sites for hydroxylation is 1. The van der Waals surface area contributed by atoms with Crippen LogP contribution in [-0.4, -0.2) is 0 Å². The first-order valence-electron chi connectivity index (χ1n) is 6.24. The second-order valence-electron chi connectivity index (χ2n) is 4.76. The summed E-state index contributed by atoms with van der Waals surface area (Å²) < 4.78 is 28.7. The van der Waals surface area contributed by atoms with Gasteiger partial charge in [-0.25, -0.2) is 8.78 Å². The number of nitrogens with one attached hydrogen (secondary N) is 1. The lowest BCUT2D eigenvalue weighted by atomic mass is 9.94. The van der Waals surface area contributed by atoms with Gasteiger partial charge in [-0.2, -0.15) is 0 Å². The predicted molar refractivity (Wildman–Crippen MR) is 85.4 cm³/mol. The Hall–Kier alpha value is -0.460. The van der Waals surface area contributed by atoms with Crippen molar-refractivity contribution in [2.24, 2.45) is 0 Å². The van der Waals surface area contributed by atoms with Crippen molar-refractivity contribution < 1.29 is 8.78 Å². The molecule has 1 atom stereocenters. The van der Waals surface area contributed by atoms with E-state index in [1.54, 1.807) is 11.3 Å². The van der Waals surface area contributed by atoms with Crippen LogP contribution in [0.25, 0.3) is 0 Å². The molecular formula is C14H11Br2F2NS. The largest absolute Gasteiger partial charge is 0.376 e. The zero-order valence-electron chi connectivity index (χ0n) is 10.4. The molecular weight excluding hydrogens is 412 g/mol. The Morgan fingerprint density at radius 2 is 1.95 bits per heavy atom. The molecule has 0 spiro atoms. The summed E-state index contributed by atoms with van der Waals surface area (Å²) >= 11 is 8.19. The molecule has 1 nitrogen and oxygen atoms in total. The van der Waals surface area contributed by atoms with Crippen molar-refractivity contribution in [2.75, 3.05) is 5.32 Å². The molecule has 0 fully saturated rings. The van der Waals surface area contributed by atoms with Gasteiger partial charge in [-0.3, -0.25) is 0 Å². The van der Waals surface area contributed by atoms with Crippen LogP contribution in [0.4, 0.5) is 14.5 Å². The van der Waals surface area contributed by atoms with Crippen molar-refractivity contribution >= 4 is 48.9 Å². The molecule has 1 unspecified atom stereocenters. The minimum atomic E-state index is -0.462. The van der Waals surface area contributed by atoms with E-state index >= 15 is 0 Å². The number of anilines is 1. The van der Waals surface area contributed by atoms with Crippen molar-refractivity contribution in [1.29, 1.82) is 0 Å². The molecule has 1 aromatic heterocycles. The van der Waals surface area contributed by atoms with Crippen LogP contribution in [0.3, 0.4) is 0 Å². The fourth-order valence-electron chi connectivity index (χ4n) is 2.49. The SMILES string of the molecule is Fc1cc(NC2CCCc3sc(Br)cc32)c(F)cc1Br. The van der Waals surface area contributed by atoms with Crippen LogP contribution in [0.2, 0.25) is 0 Å². The topological polar surface area (TPSA) is 12.0 Å². The van der Waals surface area contributed by atoms with Crippen LogP contribution in [0, 0.1) is 11.6 Å². The van der Waals surface area contributed by atoms with Crippen molar-refractivity contribution in [3.63, 3.8) is 0 Å². The molecule has 0 saturated heterocycles. The van der Waals surface area contributed by atoms with Crippen LogP contribution in [0.1, 0.15) is 29.3 Å². The van der Waals surface area contributed by atoms with Gasteiger partial charge in [-0.05, 0) is 68.8 Å². The van der Waals surface area contributed by atoms with E-state index in [1.807, 2.05) is 0 Å². The van der Waals surface area contributed by atoms with Crippen LogP contribution in [0.15, 0.2) is 26.5 Å². The Morgan fingerprint density at radius 1 is 1.15 bits per heavy atom. The van der Waals surface area contributed by atoms with E-state index in [0.29, 0.717) is 0 Å². The lowest BCUT2D eigenvalue weighted by Crippen LogP contribution is -2.16. The Morgan fingerprint density at radius 3 is 2.75 bits per heavy atom. The van der Waals surface area contributed by atoms with Gasteiger partial charge in [0, 0.05) is 10.9 Å². The predicted octanol–water partition coefficient (Wildman–Crippen LogP) is 6.04. The third-order valence-corrected chi connectivity index (χ3v) is 5.74. The van der Waals surface area contributed by atoms with Crippen molar-refractivity contribution in [2.45, 2.75) is 25.3 Å². The second kappa shape index (κ2) is 5.73. The lowest BCUT2D eigenvalue weighted by Gasteiger charge is -2.25. The standard InChI is InChI=1S/C14H11Br2F2NS/c15-8-5-10(18)12(6-9(8)17)19-11-2-1-3-13-7(11)4-14(16)20-13/h4-6,11,19H,1-3H2. The fourth-order valence-corrected chi connectivity index (χ4v) is 4.63. The molecule has 0 amide bonds. The highest BCUT2D eigenvalue weighted by Crippen LogP contribution is 2.40. The van der Waals surface area contributed by atoms with Crippen LogP contribution in [0.5, 0.6) is 0 Å². The first-order valence-corrected chi connectivity index (χ1v) is 8.64. The maximum atomic E-state index is 13.9. The summed E-state index contributed by atoms with van der Waals surface area (Å²) in [7, 11) is 0. The molecule has 2 aromatic rings. The van der Waals surface area contributed by atoms with Crippen LogP contribution < -0.4 is 5.32 Å². The fraction of sp³-hybridized carbons (Fsp3) is 0.286. The highest BCUT2D eigenvalue weighted by molar-refractivity contribution is 9.11. The van der Waals surface area contributed by atoms with Gasteiger partial charge in [0.2, 0.25) is 0 Å². The molecule has 0 radical (unpaired) electrons. The van der Waals surface area contributed by atoms with E-state index in [-0.39, 0.29) is 16.2 Å². The third kappa shape index (κ3) is 2.78. The number of thiophene rings is 1. The Labute approximate surface area is 136 Å². The van der Waals surface area contributed by atoms with E-state index in [9.17, 15) is 8.78 Å². The van der Waals surface area contributed by atoms with Gasteiger partial charge in [0.25, 0.3) is 0 Å². The maximum Gasteiger partial charge on any atom is 0.147 e. The minimum Gasteiger partial charge on any atom is -0.376 e. The summed E-state index contributed by atoms with van der Waals surface area (Å²) in [5.74, 6) is -0.906. The summed E-state index contributed by atoms with van der Waals surface area (Å²) in [6.07, 6.45) is 3.03. The van der Waals surface area contributed by atoms with Gasteiger partial charge in [0.05, 0.1) is 20.0 Å². The van der Waals surface area contributed by atoms with Gasteiger partial charge in [0.15, 0.2) is 0 Å². The molecule has 0 bridgehead atoms. The molecule has 1 aliphatic carbocycles. The van der Waals surface area contributed by atoms with E-state index in [4.69, 9.17) is 0 Å². The summed E-state index contributed by atoms with van der Waals surface area (Å²) in [6.45, 7) is 0. The number of hydrogen-bond acceptors (Lipinski definition) is 2. The maximum absolute atomic E-state index is 13.9. The number of hydrogen-bond donors (Lipinski definition) is 1. The van der Waals surface area contributed by atoms with E-state index in [2.05, 4.69) is 43.2 Å². The molecule has 1 aliphatic rings. The summed E-state index contributed by atoms with van der Waals surface area (Å²) in [4.78, 5) is 1.32. The highest BCUT2D eigenvalue weighted by atomic mass is 79.9. The Kier molecular flexibility index (Phi) is 4.15. The molecule has 106 valence electrons. The van der Waals surface area contributed by atoms with Gasteiger partial charge in [0.1, 0.15) is 11.6 Å². The number of benzene rings is 1. The van der Waals surface area contributed by atoms with Gasteiger partial charge >= 0.3 is 0 Å². The molecule has 0 saturated carbocycles. The highest BCUT2D eigenvalue weighted by Gasteiger charge is 2.23. The van der Waals surface area contributed by atoms with Crippen molar-refractivity contribution in [3.8, 4) is 0 Å². The minimum absolute atomic E-state index is 0.0383. The number of rotatable bonds is 2. The zero-order valence-corrected chi connectivity index (χ0v) is 14.3.